The van der Waals surface area contributed by atoms with Crippen LogP contribution in [0, 0.1) is 0 Å². The van der Waals surface area contributed by atoms with E-state index in [9.17, 15) is 0 Å². The Morgan fingerprint density at radius 2 is 2.06 bits per heavy atom. The summed E-state index contributed by atoms with van der Waals surface area (Å²) in [7, 11) is 1.71. The van der Waals surface area contributed by atoms with Crippen molar-refractivity contribution in [3.8, 4) is 0 Å². The quantitative estimate of drug-likeness (QED) is 0.399. The summed E-state index contributed by atoms with van der Waals surface area (Å²) in [5, 5.41) is 6.56. The average molecular weight is 389 g/mol. The number of aliphatic imine (C=N–C) groups is 1. The Labute approximate surface area is 133 Å². The van der Waals surface area contributed by atoms with Gasteiger partial charge >= 0.3 is 0 Å². The van der Waals surface area contributed by atoms with Crippen LogP contribution in [0.25, 0.3) is 0 Å². The topological polar surface area (TPSA) is 45.7 Å². The van der Waals surface area contributed by atoms with Crippen molar-refractivity contribution in [1.82, 2.24) is 10.6 Å². The van der Waals surface area contributed by atoms with Crippen molar-refractivity contribution >= 4 is 41.7 Å². The normalized spacial score (nSPS) is 13.8. The largest absolute Gasteiger partial charge is 0.383 e. The molecule has 6 heteroatoms. The van der Waals surface area contributed by atoms with Crippen LogP contribution in [-0.2, 0) is 4.74 Å². The first kappa shape index (κ1) is 20.6. The fraction of sp³-hybridized carbons (Fsp3) is 0.917. The van der Waals surface area contributed by atoms with Crippen LogP contribution < -0.4 is 10.6 Å². The Morgan fingerprint density at radius 1 is 1.44 bits per heavy atom. The van der Waals surface area contributed by atoms with Crippen molar-refractivity contribution in [2.24, 2.45) is 4.99 Å². The van der Waals surface area contributed by atoms with Crippen molar-refractivity contribution in [2.75, 3.05) is 33.1 Å². The molecule has 1 unspecified atom stereocenters. The van der Waals surface area contributed by atoms with Crippen LogP contribution in [0.3, 0.4) is 0 Å². The van der Waals surface area contributed by atoms with Gasteiger partial charge in [-0.15, -0.1) is 24.0 Å². The average Bonchev–Trinajstić information content (AvgIpc) is 2.27. The Balaban J connectivity index is 0. The van der Waals surface area contributed by atoms with Crippen molar-refractivity contribution in [3.05, 3.63) is 0 Å². The van der Waals surface area contributed by atoms with Gasteiger partial charge in [0, 0.05) is 24.4 Å². The molecule has 110 valence electrons. The van der Waals surface area contributed by atoms with Crippen molar-refractivity contribution in [1.29, 1.82) is 0 Å². The maximum absolute atomic E-state index is 5.10. The van der Waals surface area contributed by atoms with E-state index in [0.29, 0.717) is 6.61 Å². The van der Waals surface area contributed by atoms with Crippen molar-refractivity contribution in [2.45, 2.75) is 38.5 Å². The van der Waals surface area contributed by atoms with Crippen LogP contribution in [-0.4, -0.2) is 49.8 Å². The first-order valence-electron chi connectivity index (χ1n) is 6.04. The van der Waals surface area contributed by atoms with Gasteiger partial charge in [0.05, 0.1) is 13.2 Å². The van der Waals surface area contributed by atoms with Gasteiger partial charge < -0.3 is 15.4 Å². The number of thioether (sulfide) groups is 1. The molecule has 0 aromatic heterocycles. The van der Waals surface area contributed by atoms with Crippen LogP contribution in [0.1, 0.15) is 27.7 Å². The third-order valence-electron chi connectivity index (χ3n) is 2.31. The Hall–Kier alpha value is 0.310. The molecule has 0 saturated heterocycles. The van der Waals surface area contributed by atoms with Gasteiger partial charge in [0.25, 0.3) is 0 Å². The summed E-state index contributed by atoms with van der Waals surface area (Å²) in [5.74, 6) is 0.860. The zero-order chi connectivity index (χ0) is 13.3. The van der Waals surface area contributed by atoms with E-state index in [1.165, 1.54) is 0 Å². The molecule has 0 fully saturated rings. The smallest absolute Gasteiger partial charge is 0.191 e. The summed E-state index contributed by atoms with van der Waals surface area (Å²) in [6.07, 6.45) is 2.11. The Bertz CT molecular complexity index is 237. The molecular weight excluding hydrogens is 361 g/mol. The third kappa shape index (κ3) is 10.3. The van der Waals surface area contributed by atoms with Gasteiger partial charge in [-0.25, -0.2) is 0 Å². The molecule has 0 aliphatic heterocycles. The second-order valence-electron chi connectivity index (χ2n) is 4.66. The number of rotatable bonds is 7. The molecule has 4 nitrogen and oxygen atoms in total. The standard InChI is InChI=1S/C12H27N3OS.HI/c1-7-13-11(15-10(2)8-16-5)14-9-12(3,4)17-6;/h10H,7-9H2,1-6H3,(H2,13,14,15);1H. The van der Waals surface area contributed by atoms with Gasteiger partial charge in [0.15, 0.2) is 5.96 Å². The molecule has 0 radical (unpaired) electrons. The van der Waals surface area contributed by atoms with Gasteiger partial charge in [0.2, 0.25) is 0 Å². The summed E-state index contributed by atoms with van der Waals surface area (Å²) in [4.78, 5) is 4.60. The number of nitrogens with zero attached hydrogens (tertiary/aromatic N) is 1. The maximum Gasteiger partial charge on any atom is 0.191 e. The second-order valence-corrected chi connectivity index (χ2v) is 6.17. The zero-order valence-electron chi connectivity index (χ0n) is 12.4. The fourth-order valence-corrected chi connectivity index (χ4v) is 1.37. The molecular formula is C12H28IN3OS. The summed E-state index contributed by atoms with van der Waals surface area (Å²) in [6.45, 7) is 10.9. The summed E-state index contributed by atoms with van der Waals surface area (Å²) >= 11 is 1.83. The lowest BCUT2D eigenvalue weighted by Gasteiger charge is -2.22. The van der Waals surface area contributed by atoms with Crippen molar-refractivity contribution in [3.63, 3.8) is 0 Å². The number of hydrogen-bond acceptors (Lipinski definition) is 3. The minimum Gasteiger partial charge on any atom is -0.383 e. The van der Waals surface area contributed by atoms with Gasteiger partial charge in [-0.2, -0.15) is 11.8 Å². The van der Waals surface area contributed by atoms with E-state index in [4.69, 9.17) is 4.74 Å². The number of nitrogens with one attached hydrogen (secondary N) is 2. The monoisotopic (exact) mass is 389 g/mol. The molecule has 0 spiro atoms. The molecule has 0 amide bonds. The van der Waals surface area contributed by atoms with E-state index >= 15 is 0 Å². The molecule has 0 aromatic carbocycles. The molecule has 0 saturated carbocycles. The predicted octanol–water partition coefficient (Wildman–Crippen LogP) is 2.34. The summed E-state index contributed by atoms with van der Waals surface area (Å²) < 4.78 is 5.27. The van der Waals surface area contributed by atoms with Crippen LogP contribution in [0.2, 0.25) is 0 Å². The third-order valence-corrected chi connectivity index (χ3v) is 3.55. The molecule has 0 aromatic rings. The molecule has 0 heterocycles. The molecule has 0 rings (SSSR count). The minimum atomic E-state index is 0. The predicted molar refractivity (Wildman–Crippen MR) is 93.5 cm³/mol. The van der Waals surface area contributed by atoms with E-state index in [1.807, 2.05) is 11.8 Å². The highest BCUT2D eigenvalue weighted by Gasteiger charge is 2.15. The number of guanidine groups is 1. The lowest BCUT2D eigenvalue weighted by atomic mass is 10.2. The van der Waals surface area contributed by atoms with E-state index in [-0.39, 0.29) is 34.8 Å². The molecule has 1 atom stereocenters. The van der Waals surface area contributed by atoms with E-state index in [0.717, 1.165) is 19.0 Å². The Kier molecular flexibility index (Phi) is 12.8. The van der Waals surface area contributed by atoms with E-state index < -0.39 is 0 Å². The zero-order valence-corrected chi connectivity index (χ0v) is 15.5. The maximum atomic E-state index is 5.10. The fourth-order valence-electron chi connectivity index (χ4n) is 1.18. The number of methoxy groups -OCH3 is 1. The minimum absolute atomic E-state index is 0. The second kappa shape index (κ2) is 11.2. The molecule has 18 heavy (non-hydrogen) atoms. The van der Waals surface area contributed by atoms with Gasteiger partial charge in [0.1, 0.15) is 0 Å². The van der Waals surface area contributed by atoms with Crippen LogP contribution >= 0.6 is 35.7 Å². The van der Waals surface area contributed by atoms with Gasteiger partial charge in [-0.1, -0.05) is 0 Å². The molecule has 0 aliphatic carbocycles. The Morgan fingerprint density at radius 3 is 2.50 bits per heavy atom. The SMILES string of the molecule is CCNC(=NCC(C)(C)SC)NC(C)COC.I. The number of ether oxygens (including phenoxy) is 1. The lowest BCUT2D eigenvalue weighted by molar-refractivity contribution is 0.179. The molecule has 0 bridgehead atoms. The van der Waals surface area contributed by atoms with E-state index in [1.54, 1.807) is 7.11 Å². The van der Waals surface area contributed by atoms with Gasteiger partial charge in [-0.3, -0.25) is 4.99 Å². The molecule has 2 N–H and O–H groups in total. The highest BCUT2D eigenvalue weighted by molar-refractivity contribution is 14.0. The van der Waals surface area contributed by atoms with Crippen LogP contribution in [0.15, 0.2) is 4.99 Å². The number of halogens is 1. The highest BCUT2D eigenvalue weighted by atomic mass is 127. The van der Waals surface area contributed by atoms with Gasteiger partial charge in [-0.05, 0) is 34.0 Å². The highest BCUT2D eigenvalue weighted by Crippen LogP contribution is 2.20. The van der Waals surface area contributed by atoms with E-state index in [2.05, 4.69) is 49.6 Å². The number of hydrogen-bond donors (Lipinski definition) is 2. The summed E-state index contributed by atoms with van der Waals surface area (Å²) in [5.41, 5.74) is 0. The first-order chi connectivity index (χ1) is 7.95. The van der Waals surface area contributed by atoms with Crippen LogP contribution in [0.5, 0.6) is 0 Å². The summed E-state index contributed by atoms with van der Waals surface area (Å²) in [6, 6.07) is 0.259. The van der Waals surface area contributed by atoms with Crippen LogP contribution in [0.4, 0.5) is 0 Å². The first-order valence-corrected chi connectivity index (χ1v) is 7.26. The van der Waals surface area contributed by atoms with Crippen molar-refractivity contribution < 1.29 is 4.74 Å². The lowest BCUT2D eigenvalue weighted by Crippen LogP contribution is -2.44. The molecule has 0 aliphatic rings.